The van der Waals surface area contributed by atoms with Crippen LogP contribution in [0.25, 0.3) is 0 Å². The average molecular weight is 300 g/mol. The monoisotopic (exact) mass is 299 g/mol. The van der Waals surface area contributed by atoms with Crippen molar-refractivity contribution < 1.29 is 9.18 Å². The molecule has 2 aromatic rings. The molecule has 1 aromatic carbocycles. The lowest BCUT2D eigenvalue weighted by Crippen LogP contribution is -2.14. The molecule has 0 radical (unpaired) electrons. The van der Waals surface area contributed by atoms with Crippen molar-refractivity contribution in [2.75, 3.05) is 11.1 Å². The Labute approximate surface area is 118 Å². The van der Waals surface area contributed by atoms with Crippen LogP contribution in [0.15, 0.2) is 30.5 Å². The summed E-state index contributed by atoms with van der Waals surface area (Å²) >= 11 is 11.6. The second kappa shape index (κ2) is 5.42. The Morgan fingerprint density at radius 1 is 1.32 bits per heavy atom. The second-order valence-corrected chi connectivity index (χ2v) is 4.46. The minimum absolute atomic E-state index is 0.0953. The number of halogens is 3. The Morgan fingerprint density at radius 3 is 2.68 bits per heavy atom. The summed E-state index contributed by atoms with van der Waals surface area (Å²) in [5.74, 6) is -1.10. The van der Waals surface area contributed by atoms with Gasteiger partial charge in [-0.05, 0) is 18.2 Å². The molecule has 0 unspecified atom stereocenters. The Morgan fingerprint density at radius 2 is 2.05 bits per heavy atom. The van der Waals surface area contributed by atoms with E-state index in [1.807, 2.05) is 0 Å². The van der Waals surface area contributed by atoms with Crippen molar-refractivity contribution >= 4 is 40.6 Å². The van der Waals surface area contributed by atoms with Gasteiger partial charge in [-0.25, -0.2) is 9.37 Å². The summed E-state index contributed by atoms with van der Waals surface area (Å²) in [4.78, 5) is 15.7. The largest absolute Gasteiger partial charge is 0.382 e. The summed E-state index contributed by atoms with van der Waals surface area (Å²) in [6.45, 7) is 0. The van der Waals surface area contributed by atoms with Crippen molar-refractivity contribution in [3.63, 3.8) is 0 Å². The van der Waals surface area contributed by atoms with Gasteiger partial charge in [0, 0.05) is 6.20 Å². The highest BCUT2D eigenvalue weighted by atomic mass is 35.5. The number of hydrogen-bond acceptors (Lipinski definition) is 3. The Hall–Kier alpha value is -1.85. The van der Waals surface area contributed by atoms with Crippen molar-refractivity contribution in [1.29, 1.82) is 0 Å². The number of nitrogen functional groups attached to an aromatic ring is 1. The van der Waals surface area contributed by atoms with E-state index in [9.17, 15) is 9.18 Å². The van der Waals surface area contributed by atoms with E-state index in [0.717, 1.165) is 0 Å². The number of carbonyl (C=O) groups is 1. The number of carbonyl (C=O) groups excluding carboxylic acids is 1. The van der Waals surface area contributed by atoms with Gasteiger partial charge in [0.05, 0.1) is 21.3 Å². The van der Waals surface area contributed by atoms with Crippen LogP contribution in [0, 0.1) is 5.82 Å². The Balaban J connectivity index is 2.28. The third-order valence-corrected chi connectivity index (χ3v) is 2.95. The van der Waals surface area contributed by atoms with Crippen LogP contribution >= 0.6 is 23.2 Å². The third-order valence-electron chi connectivity index (χ3n) is 2.33. The fraction of sp³-hybridized carbons (Fsp3) is 0. The number of para-hydroxylation sites is 1. The maximum Gasteiger partial charge on any atom is 0.257 e. The molecule has 3 N–H and O–H groups in total. The normalized spacial score (nSPS) is 10.3. The minimum Gasteiger partial charge on any atom is -0.382 e. The molecule has 19 heavy (non-hydrogen) atoms. The summed E-state index contributed by atoms with van der Waals surface area (Å²) in [5, 5.41) is 2.60. The number of nitrogens with one attached hydrogen (secondary N) is 1. The molecule has 0 aliphatic carbocycles. The van der Waals surface area contributed by atoms with Crippen molar-refractivity contribution in [2.24, 2.45) is 0 Å². The van der Waals surface area contributed by atoms with Crippen molar-refractivity contribution in [2.45, 2.75) is 0 Å². The molecule has 0 spiro atoms. The van der Waals surface area contributed by atoms with Gasteiger partial charge in [-0.15, -0.1) is 0 Å². The molecule has 0 fully saturated rings. The molecule has 0 bridgehead atoms. The van der Waals surface area contributed by atoms with E-state index in [1.54, 1.807) is 0 Å². The van der Waals surface area contributed by atoms with Crippen LogP contribution in [0.2, 0.25) is 10.0 Å². The van der Waals surface area contributed by atoms with Gasteiger partial charge in [-0.1, -0.05) is 29.3 Å². The molecule has 1 heterocycles. The van der Waals surface area contributed by atoms with Crippen molar-refractivity contribution in [3.05, 3.63) is 51.9 Å². The topological polar surface area (TPSA) is 68.0 Å². The van der Waals surface area contributed by atoms with Crippen LogP contribution in [0.5, 0.6) is 0 Å². The first kappa shape index (κ1) is 13.6. The second-order valence-electron chi connectivity index (χ2n) is 3.64. The molecule has 0 aliphatic heterocycles. The van der Waals surface area contributed by atoms with Gasteiger partial charge in [0.15, 0.2) is 0 Å². The van der Waals surface area contributed by atoms with E-state index in [2.05, 4.69) is 10.3 Å². The number of aromatic nitrogens is 1. The summed E-state index contributed by atoms with van der Waals surface area (Å²) in [6.07, 6.45) is 1.24. The molecule has 1 amide bonds. The van der Waals surface area contributed by atoms with Crippen LogP contribution in [-0.4, -0.2) is 10.9 Å². The standard InChI is InChI=1S/C12H8Cl2FN3O/c13-7-2-1-3-9(15)10(7)18-12(19)6-4-8(14)11(16)17-5-6/h1-5H,(H2,16,17)(H,18,19). The first-order valence-corrected chi connectivity index (χ1v) is 5.91. The molecule has 2 rings (SSSR count). The van der Waals surface area contributed by atoms with Crippen molar-refractivity contribution in [1.82, 2.24) is 4.98 Å². The van der Waals surface area contributed by atoms with Crippen LogP contribution in [-0.2, 0) is 0 Å². The number of amides is 1. The zero-order valence-corrected chi connectivity index (χ0v) is 11.0. The molecule has 1 aromatic heterocycles. The summed E-state index contributed by atoms with van der Waals surface area (Å²) in [7, 11) is 0. The lowest BCUT2D eigenvalue weighted by atomic mass is 10.2. The smallest absolute Gasteiger partial charge is 0.257 e. The van der Waals surface area contributed by atoms with Gasteiger partial charge in [0.1, 0.15) is 11.6 Å². The van der Waals surface area contributed by atoms with E-state index in [4.69, 9.17) is 28.9 Å². The first-order chi connectivity index (χ1) is 8.99. The van der Waals surface area contributed by atoms with Gasteiger partial charge in [-0.3, -0.25) is 4.79 Å². The number of hydrogen-bond donors (Lipinski definition) is 2. The molecule has 7 heteroatoms. The molecule has 0 atom stereocenters. The van der Waals surface area contributed by atoms with E-state index >= 15 is 0 Å². The molecular formula is C12H8Cl2FN3O. The number of anilines is 2. The molecule has 98 valence electrons. The van der Waals surface area contributed by atoms with Gasteiger partial charge < -0.3 is 11.1 Å². The number of nitrogens with zero attached hydrogens (tertiary/aromatic N) is 1. The lowest BCUT2D eigenvalue weighted by Gasteiger charge is -2.08. The van der Waals surface area contributed by atoms with E-state index in [-0.39, 0.29) is 27.1 Å². The van der Waals surface area contributed by atoms with E-state index < -0.39 is 11.7 Å². The lowest BCUT2D eigenvalue weighted by molar-refractivity contribution is 0.102. The molecular weight excluding hydrogens is 292 g/mol. The van der Waals surface area contributed by atoms with Crippen molar-refractivity contribution in [3.8, 4) is 0 Å². The van der Waals surface area contributed by atoms with Crippen LogP contribution in [0.3, 0.4) is 0 Å². The highest BCUT2D eigenvalue weighted by Crippen LogP contribution is 2.25. The highest BCUT2D eigenvalue weighted by Gasteiger charge is 2.13. The number of nitrogens with two attached hydrogens (primary N) is 1. The van der Waals surface area contributed by atoms with Gasteiger partial charge in [-0.2, -0.15) is 0 Å². The third kappa shape index (κ3) is 2.94. The predicted molar refractivity (Wildman–Crippen MR) is 73.0 cm³/mol. The minimum atomic E-state index is -0.629. The molecule has 4 nitrogen and oxygen atoms in total. The molecule has 0 saturated heterocycles. The van der Waals surface area contributed by atoms with Crippen LogP contribution in [0.4, 0.5) is 15.9 Å². The highest BCUT2D eigenvalue weighted by molar-refractivity contribution is 6.34. The molecule has 0 saturated carbocycles. The van der Waals surface area contributed by atoms with Crippen LogP contribution < -0.4 is 11.1 Å². The Kier molecular flexibility index (Phi) is 3.87. The maximum atomic E-state index is 13.5. The number of benzene rings is 1. The Bertz CT molecular complexity index is 629. The van der Waals surface area contributed by atoms with Gasteiger partial charge >= 0.3 is 0 Å². The zero-order chi connectivity index (χ0) is 14.0. The maximum absolute atomic E-state index is 13.5. The SMILES string of the molecule is Nc1ncc(C(=O)Nc2c(F)cccc2Cl)cc1Cl. The quantitative estimate of drug-likeness (QED) is 0.893. The molecule has 0 aliphatic rings. The van der Waals surface area contributed by atoms with Gasteiger partial charge in [0.2, 0.25) is 0 Å². The number of pyridine rings is 1. The van der Waals surface area contributed by atoms with Crippen LogP contribution in [0.1, 0.15) is 10.4 Å². The first-order valence-electron chi connectivity index (χ1n) is 5.15. The fourth-order valence-corrected chi connectivity index (χ4v) is 1.75. The average Bonchev–Trinajstić information content (AvgIpc) is 2.37. The summed E-state index contributed by atoms with van der Waals surface area (Å²) < 4.78 is 13.5. The predicted octanol–water partition coefficient (Wildman–Crippen LogP) is 3.36. The number of rotatable bonds is 2. The summed E-state index contributed by atoms with van der Waals surface area (Å²) in [6, 6.07) is 5.44. The van der Waals surface area contributed by atoms with E-state index in [1.165, 1.54) is 30.5 Å². The van der Waals surface area contributed by atoms with E-state index in [0.29, 0.717) is 0 Å². The zero-order valence-electron chi connectivity index (χ0n) is 9.45. The van der Waals surface area contributed by atoms with Gasteiger partial charge in [0.25, 0.3) is 5.91 Å². The summed E-state index contributed by atoms with van der Waals surface area (Å²) in [5.41, 5.74) is 5.49. The fourth-order valence-electron chi connectivity index (χ4n) is 1.38.